The van der Waals surface area contributed by atoms with Gasteiger partial charge in [0, 0.05) is 39.6 Å². The molecule has 182 valence electrons. The number of nitrogens with zero attached hydrogens (tertiary/aromatic N) is 2. The SMILES string of the molecule is COc1cc(C)c(S(=O)N(C)CCC(=O)NCc2ccc(NCCN(C)C)c(F)c2)c(C)c1. The van der Waals surface area contributed by atoms with Crippen LogP contribution in [-0.2, 0) is 22.3 Å². The van der Waals surface area contributed by atoms with Gasteiger partial charge in [0.2, 0.25) is 5.91 Å². The van der Waals surface area contributed by atoms with Crippen molar-refractivity contribution in [3.63, 3.8) is 0 Å². The fourth-order valence-corrected chi connectivity index (χ4v) is 4.55. The number of carbonyl (C=O) groups excluding carboxylic acids is 1. The number of benzene rings is 2. The molecule has 33 heavy (non-hydrogen) atoms. The summed E-state index contributed by atoms with van der Waals surface area (Å²) in [5, 5.41) is 5.86. The monoisotopic (exact) mass is 478 g/mol. The Hall–Kier alpha value is -2.49. The molecule has 0 saturated carbocycles. The molecule has 0 spiro atoms. The highest BCUT2D eigenvalue weighted by molar-refractivity contribution is 7.82. The number of hydrogen-bond donors (Lipinski definition) is 2. The van der Waals surface area contributed by atoms with Crippen molar-refractivity contribution in [2.45, 2.75) is 31.7 Å². The van der Waals surface area contributed by atoms with Gasteiger partial charge in [-0.25, -0.2) is 12.9 Å². The minimum Gasteiger partial charge on any atom is -0.497 e. The van der Waals surface area contributed by atoms with Crippen LogP contribution in [0.15, 0.2) is 35.2 Å². The highest BCUT2D eigenvalue weighted by Crippen LogP contribution is 2.25. The maximum atomic E-state index is 14.3. The second-order valence-electron chi connectivity index (χ2n) is 8.26. The molecule has 2 aromatic carbocycles. The Morgan fingerprint density at radius 1 is 1.09 bits per heavy atom. The molecule has 2 aromatic rings. The molecule has 1 unspecified atom stereocenters. The molecular weight excluding hydrogens is 443 g/mol. The van der Waals surface area contributed by atoms with Crippen molar-refractivity contribution in [2.75, 3.05) is 53.2 Å². The Bertz CT molecular complexity index is 961. The van der Waals surface area contributed by atoms with Crippen LogP contribution in [0.5, 0.6) is 5.75 Å². The van der Waals surface area contributed by atoms with Crippen molar-refractivity contribution in [1.82, 2.24) is 14.5 Å². The van der Waals surface area contributed by atoms with E-state index in [2.05, 4.69) is 10.6 Å². The third-order valence-corrected chi connectivity index (χ3v) is 6.92. The zero-order valence-electron chi connectivity index (χ0n) is 20.3. The fraction of sp³-hybridized carbons (Fsp3) is 0.458. The Kier molecular flexibility index (Phi) is 10.3. The lowest BCUT2D eigenvalue weighted by Crippen LogP contribution is -2.30. The molecule has 1 atom stereocenters. The molecular formula is C24H35FN4O3S. The Labute approximate surface area is 198 Å². The van der Waals surface area contributed by atoms with Crippen molar-refractivity contribution < 1.29 is 18.1 Å². The van der Waals surface area contributed by atoms with Crippen LogP contribution in [0.2, 0.25) is 0 Å². The van der Waals surface area contributed by atoms with Crippen LogP contribution in [0.25, 0.3) is 0 Å². The maximum Gasteiger partial charge on any atom is 0.221 e. The van der Waals surface area contributed by atoms with Gasteiger partial charge in [-0.1, -0.05) is 6.07 Å². The van der Waals surface area contributed by atoms with Crippen molar-refractivity contribution in [3.05, 3.63) is 52.8 Å². The molecule has 1 amide bonds. The van der Waals surface area contributed by atoms with Crippen LogP contribution in [0.1, 0.15) is 23.1 Å². The minimum atomic E-state index is -1.39. The maximum absolute atomic E-state index is 14.3. The van der Waals surface area contributed by atoms with Crippen molar-refractivity contribution in [2.24, 2.45) is 0 Å². The van der Waals surface area contributed by atoms with Crippen LogP contribution in [-0.4, -0.2) is 67.2 Å². The second kappa shape index (κ2) is 12.7. The third-order valence-electron chi connectivity index (χ3n) is 5.18. The van der Waals surface area contributed by atoms with Crippen LogP contribution in [0.4, 0.5) is 10.1 Å². The van der Waals surface area contributed by atoms with E-state index in [-0.39, 0.29) is 24.7 Å². The number of rotatable bonds is 12. The summed E-state index contributed by atoms with van der Waals surface area (Å²) in [7, 11) is 5.85. The summed E-state index contributed by atoms with van der Waals surface area (Å²) in [5.41, 5.74) is 2.88. The summed E-state index contributed by atoms with van der Waals surface area (Å²) >= 11 is 0. The number of halogens is 1. The standard InChI is InChI=1S/C24H35FN4O3S/c1-17-13-20(32-6)14-18(2)24(17)33(31)29(5)11-9-23(30)27-16-19-7-8-22(21(25)15-19)26-10-12-28(3)4/h7-8,13-15,26H,9-12,16H2,1-6H3,(H,27,30). The van der Waals surface area contributed by atoms with Gasteiger partial charge in [0.05, 0.1) is 17.7 Å². The van der Waals surface area contributed by atoms with Gasteiger partial charge in [-0.3, -0.25) is 4.79 Å². The molecule has 2 N–H and O–H groups in total. The van der Waals surface area contributed by atoms with E-state index in [1.54, 1.807) is 30.6 Å². The number of methoxy groups -OCH3 is 1. The number of nitrogens with one attached hydrogen (secondary N) is 2. The van der Waals surface area contributed by atoms with Gasteiger partial charge >= 0.3 is 0 Å². The van der Waals surface area contributed by atoms with Crippen molar-refractivity contribution in [1.29, 1.82) is 0 Å². The second-order valence-corrected chi connectivity index (χ2v) is 9.79. The predicted octanol–water partition coefficient (Wildman–Crippen LogP) is 3.09. The highest BCUT2D eigenvalue weighted by atomic mass is 32.2. The van der Waals surface area contributed by atoms with E-state index in [0.717, 1.165) is 28.3 Å². The average Bonchev–Trinajstić information content (AvgIpc) is 2.76. The molecule has 0 aliphatic carbocycles. The quantitative estimate of drug-likeness (QED) is 0.491. The number of aryl methyl sites for hydroxylation is 2. The Morgan fingerprint density at radius 3 is 2.33 bits per heavy atom. The molecule has 0 aromatic heterocycles. The van der Waals surface area contributed by atoms with Gasteiger partial charge in [0.1, 0.15) is 22.6 Å². The van der Waals surface area contributed by atoms with Crippen molar-refractivity contribution >= 4 is 22.6 Å². The number of amides is 1. The third kappa shape index (κ3) is 8.10. The molecule has 0 aliphatic rings. The summed E-state index contributed by atoms with van der Waals surface area (Å²) in [4.78, 5) is 15.0. The molecule has 0 bridgehead atoms. The summed E-state index contributed by atoms with van der Waals surface area (Å²) < 4.78 is 34.2. The summed E-state index contributed by atoms with van der Waals surface area (Å²) in [6, 6.07) is 8.60. The number of anilines is 1. The van der Waals surface area contributed by atoms with Crippen LogP contribution < -0.4 is 15.4 Å². The van der Waals surface area contributed by atoms with E-state index in [9.17, 15) is 13.4 Å². The van der Waals surface area contributed by atoms with Gasteiger partial charge in [-0.15, -0.1) is 0 Å². The first kappa shape index (κ1) is 26.8. The van der Waals surface area contributed by atoms with E-state index in [1.165, 1.54) is 6.07 Å². The van der Waals surface area contributed by atoms with Crippen LogP contribution in [0, 0.1) is 19.7 Å². The van der Waals surface area contributed by atoms with Crippen LogP contribution in [0.3, 0.4) is 0 Å². The van der Waals surface area contributed by atoms with E-state index >= 15 is 0 Å². The predicted molar refractivity (Wildman–Crippen MR) is 131 cm³/mol. The number of ether oxygens (including phenoxy) is 1. The van der Waals surface area contributed by atoms with E-state index < -0.39 is 11.0 Å². The Morgan fingerprint density at radius 2 is 1.76 bits per heavy atom. The molecule has 0 saturated heterocycles. The number of carbonyl (C=O) groups is 1. The zero-order chi connectivity index (χ0) is 24.5. The molecule has 0 heterocycles. The van der Waals surface area contributed by atoms with E-state index in [0.29, 0.717) is 24.3 Å². The Balaban J connectivity index is 1.84. The van der Waals surface area contributed by atoms with E-state index in [4.69, 9.17) is 4.74 Å². The normalized spacial score (nSPS) is 12.2. The van der Waals surface area contributed by atoms with E-state index in [1.807, 2.05) is 45.0 Å². The van der Waals surface area contributed by atoms with Crippen molar-refractivity contribution in [3.8, 4) is 5.75 Å². The molecule has 9 heteroatoms. The fourth-order valence-electron chi connectivity index (χ4n) is 3.32. The molecule has 0 aliphatic heterocycles. The van der Waals surface area contributed by atoms with Gasteiger partial charge in [-0.2, -0.15) is 0 Å². The smallest absolute Gasteiger partial charge is 0.221 e. The topological polar surface area (TPSA) is 73.9 Å². The van der Waals surface area contributed by atoms with Crippen LogP contribution >= 0.6 is 0 Å². The number of likely N-dealkylation sites (N-methyl/N-ethyl adjacent to an activating group) is 1. The molecule has 7 nitrogen and oxygen atoms in total. The molecule has 0 fully saturated rings. The minimum absolute atomic E-state index is 0.184. The molecule has 0 radical (unpaired) electrons. The highest BCUT2D eigenvalue weighted by Gasteiger charge is 2.18. The summed E-state index contributed by atoms with van der Waals surface area (Å²) in [6.45, 7) is 5.79. The zero-order valence-corrected chi connectivity index (χ0v) is 21.1. The average molecular weight is 479 g/mol. The lowest BCUT2D eigenvalue weighted by atomic mass is 10.1. The first-order chi connectivity index (χ1) is 15.6. The van der Waals surface area contributed by atoms with Gasteiger partial charge < -0.3 is 20.3 Å². The summed E-state index contributed by atoms with van der Waals surface area (Å²) in [6.07, 6.45) is 0.184. The lowest BCUT2D eigenvalue weighted by Gasteiger charge is -2.19. The largest absolute Gasteiger partial charge is 0.497 e. The first-order valence-corrected chi connectivity index (χ1v) is 11.9. The van der Waals surface area contributed by atoms with Gasteiger partial charge in [-0.05, 0) is 68.9 Å². The first-order valence-electron chi connectivity index (χ1n) is 10.8. The number of hydrogen-bond acceptors (Lipinski definition) is 5. The summed E-state index contributed by atoms with van der Waals surface area (Å²) in [5.74, 6) is 0.193. The van der Waals surface area contributed by atoms with Gasteiger partial charge in [0.15, 0.2) is 0 Å². The van der Waals surface area contributed by atoms with Gasteiger partial charge in [0.25, 0.3) is 0 Å². The lowest BCUT2D eigenvalue weighted by molar-refractivity contribution is -0.121. The molecule has 2 rings (SSSR count).